The van der Waals surface area contributed by atoms with E-state index in [0.717, 1.165) is 30.2 Å². The van der Waals surface area contributed by atoms with Crippen LogP contribution >= 0.6 is 15.9 Å². The van der Waals surface area contributed by atoms with Gasteiger partial charge in [0.25, 0.3) is 0 Å². The smallest absolute Gasteiger partial charge is 0.237 e. The molecule has 0 spiro atoms. The van der Waals surface area contributed by atoms with Crippen LogP contribution in [0.1, 0.15) is 36.8 Å². The highest BCUT2D eigenvalue weighted by Gasteiger charge is 2.51. The van der Waals surface area contributed by atoms with Crippen molar-refractivity contribution in [2.24, 2.45) is 5.92 Å². The van der Waals surface area contributed by atoms with Crippen LogP contribution in [0, 0.1) is 17.6 Å². The molecule has 0 saturated carbocycles. The normalized spacial score (nSPS) is 23.4. The Morgan fingerprint density at radius 3 is 2.40 bits per heavy atom. The van der Waals surface area contributed by atoms with E-state index in [1.54, 1.807) is 0 Å². The molecule has 2 saturated heterocycles. The molecule has 0 unspecified atom stereocenters. The van der Waals surface area contributed by atoms with E-state index in [0.29, 0.717) is 12.8 Å². The number of hydrogen-bond acceptors (Lipinski definition) is 3. The quantitative estimate of drug-likeness (QED) is 0.668. The van der Waals surface area contributed by atoms with Crippen LogP contribution in [-0.2, 0) is 21.5 Å². The molecule has 2 amide bonds. The van der Waals surface area contributed by atoms with E-state index in [9.17, 15) is 18.4 Å². The van der Waals surface area contributed by atoms with E-state index in [-0.39, 0.29) is 30.2 Å². The molecule has 2 heterocycles. The van der Waals surface area contributed by atoms with Crippen LogP contribution in [0.3, 0.4) is 0 Å². The van der Waals surface area contributed by atoms with Gasteiger partial charge in [-0.25, -0.2) is 8.78 Å². The lowest BCUT2D eigenvalue weighted by Gasteiger charge is -2.45. The summed E-state index contributed by atoms with van der Waals surface area (Å²) in [6.45, 7) is 2.35. The largest absolute Gasteiger partial charge is 0.299 e. The second kappa shape index (κ2) is 8.55. The van der Waals surface area contributed by atoms with Crippen LogP contribution < -0.4 is 5.32 Å². The molecule has 4 rings (SSSR count). The molecular weight excluding hydrogens is 454 g/mol. The average Bonchev–Trinajstić information content (AvgIpc) is 2.71. The van der Waals surface area contributed by atoms with E-state index in [1.165, 1.54) is 17.7 Å². The van der Waals surface area contributed by atoms with Crippen molar-refractivity contribution in [1.29, 1.82) is 0 Å². The van der Waals surface area contributed by atoms with Gasteiger partial charge in [0.15, 0.2) is 0 Å². The minimum atomic E-state index is -1.14. The van der Waals surface area contributed by atoms with E-state index in [1.807, 2.05) is 12.1 Å². The highest BCUT2D eigenvalue weighted by molar-refractivity contribution is 9.10. The molecular formula is C23H23BrF2N2O2. The molecule has 2 fully saturated rings. The van der Waals surface area contributed by atoms with Crippen molar-refractivity contribution in [2.45, 2.75) is 37.6 Å². The summed E-state index contributed by atoms with van der Waals surface area (Å²) in [5.41, 5.74) is 0.257. The van der Waals surface area contributed by atoms with Crippen LogP contribution in [-0.4, -0.2) is 29.8 Å². The fraction of sp³-hybridized carbons (Fsp3) is 0.391. The maximum Gasteiger partial charge on any atom is 0.237 e. The van der Waals surface area contributed by atoms with Gasteiger partial charge < -0.3 is 0 Å². The average molecular weight is 477 g/mol. The third-order valence-corrected chi connectivity index (χ3v) is 6.95. The summed E-state index contributed by atoms with van der Waals surface area (Å²) in [6.07, 6.45) is 1.81. The Bertz CT molecular complexity index is 958. The van der Waals surface area contributed by atoms with E-state index in [2.05, 4.69) is 38.3 Å². The second-order valence-electron chi connectivity index (χ2n) is 8.15. The summed E-state index contributed by atoms with van der Waals surface area (Å²) in [6, 6.07) is 11.6. The van der Waals surface area contributed by atoms with Crippen LogP contribution in [0.4, 0.5) is 8.78 Å². The van der Waals surface area contributed by atoms with E-state index < -0.39 is 23.0 Å². The lowest BCUT2D eigenvalue weighted by atomic mass is 9.62. The Morgan fingerprint density at radius 2 is 1.77 bits per heavy atom. The number of piperidine rings is 2. The maximum atomic E-state index is 14.8. The Hall–Kier alpha value is -2.12. The first kappa shape index (κ1) is 21.1. The Labute approximate surface area is 182 Å². The topological polar surface area (TPSA) is 49.4 Å². The van der Waals surface area contributed by atoms with Crippen LogP contribution in [0.2, 0.25) is 0 Å². The van der Waals surface area contributed by atoms with Gasteiger partial charge in [-0.05, 0) is 62.0 Å². The second-order valence-corrected chi connectivity index (χ2v) is 9.07. The van der Waals surface area contributed by atoms with Crippen molar-refractivity contribution in [3.05, 3.63) is 69.7 Å². The minimum absolute atomic E-state index is 0.119. The molecule has 0 bridgehead atoms. The summed E-state index contributed by atoms with van der Waals surface area (Å²) in [5, 5.41) is 2.41. The molecule has 2 aliphatic heterocycles. The Balaban J connectivity index is 1.56. The van der Waals surface area contributed by atoms with Gasteiger partial charge in [-0.15, -0.1) is 0 Å². The monoisotopic (exact) mass is 476 g/mol. The number of nitrogens with one attached hydrogen (secondary N) is 1. The highest BCUT2D eigenvalue weighted by Crippen LogP contribution is 2.45. The SMILES string of the molecule is O=C1CC[C@](c2ccc(F)cc2F)(C2CCN(Cc3ccc(Br)cc3)CC2)C(=O)N1. The zero-order valence-electron chi connectivity index (χ0n) is 16.5. The molecule has 2 aliphatic rings. The van der Waals surface area contributed by atoms with Crippen molar-refractivity contribution in [2.75, 3.05) is 13.1 Å². The first-order valence-corrected chi connectivity index (χ1v) is 10.9. The molecule has 30 heavy (non-hydrogen) atoms. The standard InChI is InChI=1S/C23H23BrF2N2O2/c24-17-3-1-15(2-4-17)14-28-11-8-16(9-12-28)23(10-7-21(29)27-22(23)30)19-6-5-18(25)13-20(19)26/h1-6,13,16H,7-12,14H2,(H,27,29,30)/t23-/m1/s1. The van der Waals surface area contributed by atoms with Crippen molar-refractivity contribution < 1.29 is 18.4 Å². The number of nitrogens with zero attached hydrogens (tertiary/aromatic N) is 1. The fourth-order valence-corrected chi connectivity index (χ4v) is 5.14. The molecule has 0 aliphatic carbocycles. The summed E-state index contributed by atoms with van der Waals surface area (Å²) in [5.74, 6) is -2.33. The number of benzene rings is 2. The van der Waals surface area contributed by atoms with Crippen LogP contribution in [0.5, 0.6) is 0 Å². The number of carbonyl (C=O) groups excluding carboxylic acids is 2. The number of carbonyl (C=O) groups is 2. The van der Waals surface area contributed by atoms with Crippen molar-refractivity contribution in [1.82, 2.24) is 10.2 Å². The van der Waals surface area contributed by atoms with Gasteiger partial charge in [0, 0.05) is 29.1 Å². The number of imide groups is 1. The van der Waals surface area contributed by atoms with Gasteiger partial charge in [0.1, 0.15) is 11.6 Å². The third-order valence-electron chi connectivity index (χ3n) is 6.42. The number of rotatable bonds is 4. The summed E-state index contributed by atoms with van der Waals surface area (Å²) in [7, 11) is 0. The fourth-order valence-electron chi connectivity index (χ4n) is 4.87. The molecule has 2 aromatic carbocycles. The zero-order valence-corrected chi connectivity index (χ0v) is 18.1. The summed E-state index contributed by atoms with van der Waals surface area (Å²) >= 11 is 3.44. The van der Waals surface area contributed by atoms with Gasteiger partial charge in [-0.2, -0.15) is 0 Å². The van der Waals surface area contributed by atoms with Crippen LogP contribution in [0.15, 0.2) is 46.9 Å². The van der Waals surface area contributed by atoms with E-state index >= 15 is 0 Å². The van der Waals surface area contributed by atoms with Crippen molar-refractivity contribution >= 4 is 27.7 Å². The molecule has 0 radical (unpaired) electrons. The lowest BCUT2D eigenvalue weighted by Crippen LogP contribution is -2.57. The number of halogens is 3. The van der Waals surface area contributed by atoms with Crippen molar-refractivity contribution in [3.63, 3.8) is 0 Å². The molecule has 2 aromatic rings. The molecule has 7 heteroatoms. The third kappa shape index (κ3) is 4.05. The van der Waals surface area contributed by atoms with Crippen LogP contribution in [0.25, 0.3) is 0 Å². The van der Waals surface area contributed by atoms with Gasteiger partial charge >= 0.3 is 0 Å². The van der Waals surface area contributed by atoms with Gasteiger partial charge in [0.05, 0.1) is 5.41 Å². The van der Waals surface area contributed by atoms with Gasteiger partial charge in [-0.1, -0.05) is 34.1 Å². The predicted octanol–water partition coefficient (Wildman–Crippen LogP) is 4.31. The first-order valence-electron chi connectivity index (χ1n) is 10.1. The Kier molecular flexibility index (Phi) is 6.02. The first-order chi connectivity index (χ1) is 14.4. The summed E-state index contributed by atoms with van der Waals surface area (Å²) in [4.78, 5) is 27.2. The highest BCUT2D eigenvalue weighted by atomic mass is 79.9. The zero-order chi connectivity index (χ0) is 21.3. The molecule has 4 nitrogen and oxygen atoms in total. The van der Waals surface area contributed by atoms with E-state index in [4.69, 9.17) is 0 Å². The molecule has 1 N–H and O–H groups in total. The maximum absolute atomic E-state index is 14.8. The molecule has 158 valence electrons. The van der Waals surface area contributed by atoms with Crippen molar-refractivity contribution in [3.8, 4) is 0 Å². The van der Waals surface area contributed by atoms with Gasteiger partial charge in [0.2, 0.25) is 11.8 Å². The minimum Gasteiger partial charge on any atom is -0.299 e. The Morgan fingerprint density at radius 1 is 1.07 bits per heavy atom. The lowest BCUT2D eigenvalue weighted by molar-refractivity contribution is -0.140. The molecule has 1 atom stereocenters. The predicted molar refractivity (Wildman–Crippen MR) is 113 cm³/mol. The summed E-state index contributed by atoms with van der Waals surface area (Å²) < 4.78 is 29.3. The molecule has 0 aromatic heterocycles. The number of likely N-dealkylation sites (tertiary alicyclic amines) is 1. The van der Waals surface area contributed by atoms with Gasteiger partial charge in [-0.3, -0.25) is 19.8 Å². The number of amides is 2. The number of hydrogen-bond donors (Lipinski definition) is 1.